The van der Waals surface area contributed by atoms with Gasteiger partial charge in [0.1, 0.15) is 0 Å². The highest BCUT2D eigenvalue weighted by molar-refractivity contribution is 5.77. The first-order valence-electron chi connectivity index (χ1n) is 12.3. The quantitative estimate of drug-likeness (QED) is 0.578. The number of pyridine rings is 1. The standard InChI is InChI=1S/C27H37N3O2/c1-2-32-26(31)27(16-12-23-9-4-3-5-10-23)15-8-18-30(22-27)25-13-19-29(20-14-25)21-24-11-6-7-17-28-24/h3-7,9-11,17,25H,2,8,12-16,18-22H2,1H3/t27-/m0/s1. The summed E-state index contributed by atoms with van der Waals surface area (Å²) in [5, 5.41) is 0. The molecule has 0 N–H and O–H groups in total. The SMILES string of the molecule is CCOC(=O)[C@]1(CCc2ccccc2)CCCN(C2CCN(Cc3ccccn3)CC2)C1. The largest absolute Gasteiger partial charge is 0.466 e. The predicted molar refractivity (Wildman–Crippen MR) is 127 cm³/mol. The molecule has 4 rings (SSSR count). The zero-order valence-electron chi connectivity index (χ0n) is 19.4. The second kappa shape index (κ2) is 11.1. The van der Waals surface area contributed by atoms with Gasteiger partial charge in [0.05, 0.1) is 17.7 Å². The topological polar surface area (TPSA) is 45.7 Å². The fourth-order valence-electron chi connectivity index (χ4n) is 5.43. The van der Waals surface area contributed by atoms with Crippen LogP contribution in [0.15, 0.2) is 54.7 Å². The van der Waals surface area contributed by atoms with E-state index in [-0.39, 0.29) is 11.4 Å². The van der Waals surface area contributed by atoms with Gasteiger partial charge in [-0.2, -0.15) is 0 Å². The minimum absolute atomic E-state index is 0.00761. The molecule has 1 atom stereocenters. The Kier molecular flexibility index (Phi) is 7.93. The molecule has 2 aromatic rings. The van der Waals surface area contributed by atoms with Crippen LogP contribution in [0.2, 0.25) is 0 Å². The Morgan fingerprint density at radius 1 is 1.09 bits per heavy atom. The molecule has 2 fully saturated rings. The maximum absolute atomic E-state index is 13.2. The van der Waals surface area contributed by atoms with Gasteiger partial charge in [-0.1, -0.05) is 36.4 Å². The number of ether oxygens (including phenoxy) is 1. The third-order valence-electron chi connectivity index (χ3n) is 7.24. The maximum atomic E-state index is 13.2. The second-order valence-electron chi connectivity index (χ2n) is 9.39. The maximum Gasteiger partial charge on any atom is 0.313 e. The van der Waals surface area contributed by atoms with Gasteiger partial charge in [-0.25, -0.2) is 0 Å². The van der Waals surface area contributed by atoms with Crippen LogP contribution in [0, 0.1) is 5.41 Å². The average Bonchev–Trinajstić information content (AvgIpc) is 2.85. The summed E-state index contributed by atoms with van der Waals surface area (Å²) in [4.78, 5) is 22.8. The highest BCUT2D eigenvalue weighted by Crippen LogP contribution is 2.38. The summed E-state index contributed by atoms with van der Waals surface area (Å²) in [7, 11) is 0. The Hall–Kier alpha value is -2.24. The number of benzene rings is 1. The molecule has 0 bridgehead atoms. The van der Waals surface area contributed by atoms with E-state index in [4.69, 9.17) is 4.74 Å². The Bertz CT molecular complexity index is 836. The van der Waals surface area contributed by atoms with Crippen LogP contribution in [0.1, 0.15) is 50.3 Å². The molecule has 0 unspecified atom stereocenters. The molecule has 2 aliphatic rings. The normalized spacial score (nSPS) is 23.2. The van der Waals surface area contributed by atoms with E-state index in [9.17, 15) is 4.79 Å². The molecular weight excluding hydrogens is 398 g/mol. The number of hydrogen-bond donors (Lipinski definition) is 0. The van der Waals surface area contributed by atoms with Crippen LogP contribution in [-0.4, -0.2) is 59.6 Å². The number of hydrogen-bond acceptors (Lipinski definition) is 5. The monoisotopic (exact) mass is 435 g/mol. The van der Waals surface area contributed by atoms with Crippen LogP contribution in [0.5, 0.6) is 0 Å². The summed E-state index contributed by atoms with van der Waals surface area (Å²) in [6.45, 7) is 7.42. The van der Waals surface area contributed by atoms with Gasteiger partial charge >= 0.3 is 5.97 Å². The molecule has 2 saturated heterocycles. The molecule has 2 aliphatic heterocycles. The summed E-state index contributed by atoms with van der Waals surface area (Å²) >= 11 is 0. The number of aryl methyl sites for hydroxylation is 1. The van der Waals surface area contributed by atoms with Crippen molar-refractivity contribution in [2.75, 3.05) is 32.8 Å². The van der Waals surface area contributed by atoms with Gasteiger partial charge in [-0.05, 0) is 69.7 Å². The van der Waals surface area contributed by atoms with Crippen molar-refractivity contribution in [2.45, 2.75) is 58.0 Å². The number of likely N-dealkylation sites (tertiary alicyclic amines) is 2. The van der Waals surface area contributed by atoms with Crippen molar-refractivity contribution in [2.24, 2.45) is 5.41 Å². The highest BCUT2D eigenvalue weighted by Gasteiger charge is 2.44. The Morgan fingerprint density at radius 3 is 2.59 bits per heavy atom. The van der Waals surface area contributed by atoms with Crippen molar-refractivity contribution in [1.82, 2.24) is 14.8 Å². The van der Waals surface area contributed by atoms with Crippen LogP contribution in [-0.2, 0) is 22.5 Å². The minimum atomic E-state index is -0.380. The van der Waals surface area contributed by atoms with Crippen LogP contribution < -0.4 is 0 Å². The van der Waals surface area contributed by atoms with Gasteiger partial charge in [0.2, 0.25) is 0 Å². The van der Waals surface area contributed by atoms with E-state index >= 15 is 0 Å². The lowest BCUT2D eigenvalue weighted by Gasteiger charge is -2.46. The number of carbonyl (C=O) groups is 1. The molecule has 1 aromatic heterocycles. The van der Waals surface area contributed by atoms with Gasteiger partial charge in [-0.3, -0.25) is 19.6 Å². The van der Waals surface area contributed by atoms with Crippen molar-refractivity contribution < 1.29 is 9.53 Å². The Balaban J connectivity index is 1.37. The Labute approximate surface area is 192 Å². The third-order valence-corrected chi connectivity index (χ3v) is 7.24. The highest BCUT2D eigenvalue weighted by atomic mass is 16.5. The fraction of sp³-hybridized carbons (Fsp3) is 0.556. The van der Waals surface area contributed by atoms with Gasteiger partial charge in [-0.15, -0.1) is 0 Å². The van der Waals surface area contributed by atoms with Crippen molar-refractivity contribution in [3.8, 4) is 0 Å². The van der Waals surface area contributed by atoms with Crippen LogP contribution in [0.3, 0.4) is 0 Å². The molecule has 0 aliphatic carbocycles. The molecule has 5 heteroatoms. The zero-order valence-corrected chi connectivity index (χ0v) is 19.4. The van der Waals surface area contributed by atoms with Crippen molar-refractivity contribution in [3.63, 3.8) is 0 Å². The molecule has 0 amide bonds. The molecule has 0 saturated carbocycles. The summed E-state index contributed by atoms with van der Waals surface area (Å²) in [5.74, 6) is 0.00761. The smallest absolute Gasteiger partial charge is 0.313 e. The number of piperidine rings is 2. The predicted octanol–water partition coefficient (Wildman–Crippen LogP) is 4.32. The third kappa shape index (κ3) is 5.76. The molecule has 32 heavy (non-hydrogen) atoms. The molecule has 1 aromatic carbocycles. The number of rotatable bonds is 8. The summed E-state index contributed by atoms with van der Waals surface area (Å²) in [6, 6.07) is 17.2. The lowest BCUT2D eigenvalue weighted by atomic mass is 9.74. The van der Waals surface area contributed by atoms with Crippen molar-refractivity contribution >= 4 is 5.97 Å². The first kappa shape index (κ1) is 22.9. The van der Waals surface area contributed by atoms with Crippen molar-refractivity contribution in [1.29, 1.82) is 0 Å². The zero-order chi connectivity index (χ0) is 22.2. The number of esters is 1. The molecule has 0 spiro atoms. The summed E-state index contributed by atoms with van der Waals surface area (Å²) in [5.41, 5.74) is 2.07. The Morgan fingerprint density at radius 2 is 1.88 bits per heavy atom. The molecule has 3 heterocycles. The lowest BCUT2D eigenvalue weighted by molar-refractivity contribution is -0.160. The number of aromatic nitrogens is 1. The van der Waals surface area contributed by atoms with E-state index in [1.54, 1.807) is 0 Å². The molecule has 0 radical (unpaired) electrons. The second-order valence-corrected chi connectivity index (χ2v) is 9.39. The molecule has 172 valence electrons. The van der Waals surface area contributed by atoms with Gasteiger partial charge in [0, 0.05) is 38.4 Å². The first-order chi connectivity index (χ1) is 15.7. The van der Waals surface area contributed by atoms with Gasteiger partial charge < -0.3 is 4.74 Å². The summed E-state index contributed by atoms with van der Waals surface area (Å²) in [6.07, 6.45) is 7.99. The van der Waals surface area contributed by atoms with Crippen LogP contribution in [0.25, 0.3) is 0 Å². The van der Waals surface area contributed by atoms with E-state index in [1.165, 1.54) is 5.56 Å². The summed E-state index contributed by atoms with van der Waals surface area (Å²) < 4.78 is 5.61. The van der Waals surface area contributed by atoms with Gasteiger partial charge in [0.25, 0.3) is 0 Å². The minimum Gasteiger partial charge on any atom is -0.466 e. The van der Waals surface area contributed by atoms with E-state index in [0.29, 0.717) is 12.6 Å². The molecular formula is C27H37N3O2. The van der Waals surface area contributed by atoms with Crippen LogP contribution >= 0.6 is 0 Å². The van der Waals surface area contributed by atoms with E-state index in [2.05, 4.69) is 51.2 Å². The van der Waals surface area contributed by atoms with E-state index < -0.39 is 0 Å². The number of carbonyl (C=O) groups excluding carboxylic acids is 1. The van der Waals surface area contributed by atoms with Crippen LogP contribution in [0.4, 0.5) is 0 Å². The molecule has 5 nitrogen and oxygen atoms in total. The lowest BCUT2D eigenvalue weighted by Crippen LogP contribution is -2.54. The average molecular weight is 436 g/mol. The van der Waals surface area contributed by atoms with Crippen molar-refractivity contribution in [3.05, 3.63) is 66.0 Å². The fourth-order valence-corrected chi connectivity index (χ4v) is 5.43. The first-order valence-corrected chi connectivity index (χ1v) is 12.3. The van der Waals surface area contributed by atoms with E-state index in [0.717, 1.165) is 76.9 Å². The van der Waals surface area contributed by atoms with Gasteiger partial charge in [0.15, 0.2) is 0 Å². The van der Waals surface area contributed by atoms with E-state index in [1.807, 2.05) is 25.3 Å². The number of nitrogens with zero attached hydrogens (tertiary/aromatic N) is 3.